The van der Waals surface area contributed by atoms with Crippen LogP contribution >= 0.6 is 0 Å². The van der Waals surface area contributed by atoms with Crippen LogP contribution in [0.1, 0.15) is 47.5 Å². The van der Waals surface area contributed by atoms with Gasteiger partial charge in [-0.2, -0.15) is 0 Å². The van der Waals surface area contributed by atoms with E-state index in [2.05, 4.69) is 16.0 Å². The molecule has 8 N–H and O–H groups in total. The number of amides is 3. The van der Waals surface area contributed by atoms with Crippen molar-refractivity contribution in [1.29, 1.82) is 0 Å². The molecule has 0 aromatic rings. The van der Waals surface area contributed by atoms with E-state index in [1.807, 2.05) is 0 Å². The summed E-state index contributed by atoms with van der Waals surface area (Å²) in [6, 6.07) is -5.29. The largest absolute Gasteiger partial charge is 0.481 e. The van der Waals surface area contributed by atoms with Gasteiger partial charge in [0.25, 0.3) is 0 Å². The van der Waals surface area contributed by atoms with E-state index in [-0.39, 0.29) is 12.3 Å². The zero-order valence-corrected chi connectivity index (χ0v) is 18.4. The molecule has 5 atom stereocenters. The normalized spacial score (nSPS) is 16.0. The molecule has 0 aliphatic heterocycles. The highest BCUT2D eigenvalue weighted by molar-refractivity contribution is 5.95. The third-order valence-electron chi connectivity index (χ3n) is 4.40. The van der Waals surface area contributed by atoms with E-state index in [0.29, 0.717) is 0 Å². The van der Waals surface area contributed by atoms with Crippen LogP contribution in [0.25, 0.3) is 0 Å². The van der Waals surface area contributed by atoms with Crippen LogP contribution in [0, 0.1) is 11.8 Å². The number of carboxylic acid groups (broad SMARTS) is 2. The first kappa shape index (κ1) is 28.3. The van der Waals surface area contributed by atoms with Gasteiger partial charge in [-0.3, -0.25) is 19.2 Å². The second kappa shape index (κ2) is 12.8. The molecule has 0 bridgehead atoms. The van der Waals surface area contributed by atoms with Crippen LogP contribution in [-0.2, 0) is 24.0 Å². The van der Waals surface area contributed by atoms with Gasteiger partial charge in [0.1, 0.15) is 24.2 Å². The fourth-order valence-electron chi connectivity index (χ4n) is 2.61. The Kier molecular flexibility index (Phi) is 11.7. The predicted molar refractivity (Wildman–Crippen MR) is 110 cm³/mol. The number of hydrogen-bond donors (Lipinski definition) is 7. The quantitative estimate of drug-likeness (QED) is 0.174. The van der Waals surface area contributed by atoms with Gasteiger partial charge in [0.15, 0.2) is 0 Å². The zero-order valence-electron chi connectivity index (χ0n) is 18.4. The first-order valence-corrected chi connectivity index (χ1v) is 9.96. The average molecular weight is 447 g/mol. The number of hydrogen-bond acceptors (Lipinski definition) is 7. The van der Waals surface area contributed by atoms with Crippen LogP contribution in [0.3, 0.4) is 0 Å². The number of nitrogens with one attached hydrogen (secondary N) is 3. The van der Waals surface area contributed by atoms with Gasteiger partial charge in [-0.1, -0.05) is 27.7 Å². The molecule has 0 aliphatic rings. The molecule has 3 amide bonds. The Morgan fingerprint density at radius 1 is 0.806 bits per heavy atom. The molecule has 0 fully saturated rings. The minimum absolute atomic E-state index is 0.0668. The zero-order chi connectivity index (χ0) is 24.5. The number of rotatable bonds is 13. The van der Waals surface area contributed by atoms with Crippen molar-refractivity contribution in [2.45, 2.75) is 77.7 Å². The van der Waals surface area contributed by atoms with E-state index < -0.39 is 72.3 Å². The molecule has 0 saturated carbocycles. The van der Waals surface area contributed by atoms with Crippen LogP contribution < -0.4 is 21.7 Å². The Labute approximate surface area is 180 Å². The molecule has 0 aromatic heterocycles. The molecule has 12 nitrogen and oxygen atoms in total. The number of carbonyl (C=O) groups is 5. The molecular formula is C19H34N4O8. The van der Waals surface area contributed by atoms with Crippen molar-refractivity contribution in [2.75, 3.05) is 0 Å². The van der Waals surface area contributed by atoms with Gasteiger partial charge in [-0.05, 0) is 25.2 Å². The van der Waals surface area contributed by atoms with Gasteiger partial charge in [0.2, 0.25) is 17.7 Å². The maximum Gasteiger partial charge on any atom is 0.326 e. The number of aliphatic hydroxyl groups excluding tert-OH is 1. The summed E-state index contributed by atoms with van der Waals surface area (Å²) in [5.74, 6) is -5.86. The maximum absolute atomic E-state index is 12.7. The van der Waals surface area contributed by atoms with Crippen molar-refractivity contribution in [3.05, 3.63) is 0 Å². The lowest BCUT2D eigenvalue weighted by Gasteiger charge is -2.26. The highest BCUT2D eigenvalue weighted by atomic mass is 16.4. The van der Waals surface area contributed by atoms with Gasteiger partial charge >= 0.3 is 11.9 Å². The van der Waals surface area contributed by atoms with Gasteiger partial charge in [0, 0.05) is 0 Å². The third kappa shape index (κ3) is 10.2. The summed E-state index contributed by atoms with van der Waals surface area (Å²) in [6.45, 7) is 7.99. The van der Waals surface area contributed by atoms with E-state index in [1.54, 1.807) is 27.7 Å². The van der Waals surface area contributed by atoms with Crippen molar-refractivity contribution in [3.8, 4) is 0 Å². The lowest BCUT2D eigenvalue weighted by molar-refractivity contribution is -0.144. The molecule has 12 heteroatoms. The monoisotopic (exact) mass is 446 g/mol. The Morgan fingerprint density at radius 2 is 1.29 bits per heavy atom. The van der Waals surface area contributed by atoms with Crippen molar-refractivity contribution in [2.24, 2.45) is 17.6 Å². The highest BCUT2D eigenvalue weighted by Gasteiger charge is 2.33. The summed E-state index contributed by atoms with van der Waals surface area (Å²) >= 11 is 0. The van der Waals surface area contributed by atoms with E-state index in [0.717, 1.165) is 0 Å². The number of carboxylic acids is 2. The summed E-state index contributed by atoms with van der Waals surface area (Å²) in [6.07, 6.45) is -1.82. The first-order valence-electron chi connectivity index (χ1n) is 9.96. The van der Waals surface area contributed by atoms with E-state index in [9.17, 15) is 34.2 Å². The summed E-state index contributed by atoms with van der Waals surface area (Å²) < 4.78 is 0. The van der Waals surface area contributed by atoms with E-state index in [1.165, 1.54) is 6.92 Å². The lowest BCUT2D eigenvalue weighted by Crippen LogP contribution is -2.59. The molecule has 0 saturated heterocycles. The smallest absolute Gasteiger partial charge is 0.326 e. The summed E-state index contributed by atoms with van der Waals surface area (Å²) in [5.41, 5.74) is 5.57. The fourth-order valence-corrected chi connectivity index (χ4v) is 2.61. The standard InChI is InChI=1S/C19H34N4O8/c1-8(2)6-11(22-18(29)14(20)10(5)24)16(27)21-12(7-13(25)26)17(28)23-15(9(3)4)19(30)31/h8-12,14-15,24H,6-7,20H2,1-5H3,(H,21,27)(H,22,29)(H,23,28)(H,25,26)(H,30,31). The van der Waals surface area contributed by atoms with Gasteiger partial charge in [-0.15, -0.1) is 0 Å². The maximum atomic E-state index is 12.7. The minimum atomic E-state index is -1.57. The topological polar surface area (TPSA) is 208 Å². The van der Waals surface area contributed by atoms with Crippen LogP contribution in [0.4, 0.5) is 0 Å². The van der Waals surface area contributed by atoms with Crippen LogP contribution in [0.5, 0.6) is 0 Å². The number of nitrogens with two attached hydrogens (primary N) is 1. The first-order chi connectivity index (χ1) is 14.2. The number of aliphatic carboxylic acids is 2. The molecule has 178 valence electrons. The summed E-state index contributed by atoms with van der Waals surface area (Å²) in [4.78, 5) is 59.9. The second-order valence-corrected chi connectivity index (χ2v) is 8.18. The van der Waals surface area contributed by atoms with E-state index >= 15 is 0 Å². The molecule has 0 aromatic carbocycles. The Morgan fingerprint density at radius 3 is 1.68 bits per heavy atom. The molecule has 0 aliphatic carbocycles. The molecule has 31 heavy (non-hydrogen) atoms. The molecule has 0 spiro atoms. The number of aliphatic hydroxyl groups is 1. The average Bonchev–Trinajstić information content (AvgIpc) is 2.62. The molecule has 0 rings (SSSR count). The Bertz CT molecular complexity index is 665. The van der Waals surface area contributed by atoms with Crippen molar-refractivity contribution in [1.82, 2.24) is 16.0 Å². The van der Waals surface area contributed by atoms with Crippen LogP contribution in [0.15, 0.2) is 0 Å². The van der Waals surface area contributed by atoms with Gasteiger partial charge < -0.3 is 37.0 Å². The summed E-state index contributed by atoms with van der Waals surface area (Å²) in [5, 5.41) is 34.7. The van der Waals surface area contributed by atoms with Crippen molar-refractivity contribution < 1.29 is 39.3 Å². The molecular weight excluding hydrogens is 412 g/mol. The highest BCUT2D eigenvalue weighted by Crippen LogP contribution is 2.08. The molecule has 0 heterocycles. The molecule has 5 unspecified atom stereocenters. The van der Waals surface area contributed by atoms with E-state index in [4.69, 9.17) is 10.8 Å². The molecule has 0 radical (unpaired) electrons. The van der Waals surface area contributed by atoms with Gasteiger partial charge in [0.05, 0.1) is 12.5 Å². The lowest BCUT2D eigenvalue weighted by atomic mass is 10.0. The fraction of sp³-hybridized carbons (Fsp3) is 0.737. The second-order valence-electron chi connectivity index (χ2n) is 8.18. The Hall–Kier alpha value is -2.73. The third-order valence-corrected chi connectivity index (χ3v) is 4.40. The van der Waals surface area contributed by atoms with Crippen LogP contribution in [-0.4, -0.2) is 75.3 Å². The van der Waals surface area contributed by atoms with Gasteiger partial charge in [-0.25, -0.2) is 4.79 Å². The number of carbonyl (C=O) groups excluding carboxylic acids is 3. The summed E-state index contributed by atoms with van der Waals surface area (Å²) in [7, 11) is 0. The van der Waals surface area contributed by atoms with Crippen LogP contribution in [0.2, 0.25) is 0 Å². The van der Waals surface area contributed by atoms with Crippen molar-refractivity contribution in [3.63, 3.8) is 0 Å². The van der Waals surface area contributed by atoms with Crippen molar-refractivity contribution >= 4 is 29.7 Å². The predicted octanol–water partition coefficient (Wildman–Crippen LogP) is -1.59. The SMILES string of the molecule is CC(C)CC(NC(=O)C(N)C(C)O)C(=O)NC(CC(=O)O)C(=O)NC(C(=O)O)C(C)C. The Balaban J connectivity index is 5.54. The minimum Gasteiger partial charge on any atom is -0.481 e.